The fourth-order valence-corrected chi connectivity index (χ4v) is 2.39. The molecule has 3 rings (SSSR count). The molecule has 0 radical (unpaired) electrons. The van der Waals surface area contributed by atoms with Crippen molar-refractivity contribution >= 4 is 11.0 Å². The number of fused-ring (bicyclic) bond motifs is 1. The number of nitrogens with zero attached hydrogens (tertiary/aromatic N) is 3. The van der Waals surface area contributed by atoms with Crippen LogP contribution in [0, 0.1) is 0 Å². The normalized spacial score (nSPS) is 11.1. The van der Waals surface area contributed by atoms with Crippen LogP contribution < -0.4 is 5.32 Å². The summed E-state index contributed by atoms with van der Waals surface area (Å²) in [4.78, 5) is 0. The molecule has 0 amide bonds. The average Bonchev–Trinajstić information content (AvgIpc) is 2.86. The van der Waals surface area contributed by atoms with Crippen LogP contribution in [0.4, 0.5) is 0 Å². The molecule has 102 valence electrons. The van der Waals surface area contributed by atoms with Gasteiger partial charge in [-0.2, -0.15) is 0 Å². The van der Waals surface area contributed by atoms with Crippen LogP contribution in [0.15, 0.2) is 42.5 Å². The summed E-state index contributed by atoms with van der Waals surface area (Å²) < 4.78 is 1.81. The van der Waals surface area contributed by atoms with Crippen LogP contribution in [0.3, 0.4) is 0 Å². The molecule has 4 nitrogen and oxygen atoms in total. The van der Waals surface area contributed by atoms with E-state index in [1.807, 2.05) is 24.8 Å². The molecule has 0 unspecified atom stereocenters. The Morgan fingerprint density at radius 3 is 2.80 bits per heavy atom. The highest BCUT2D eigenvalue weighted by Gasteiger charge is 2.05. The molecule has 1 aromatic heterocycles. The number of rotatable bonds is 4. The largest absolute Gasteiger partial charge is 0.319 e. The molecule has 0 saturated carbocycles. The third-order valence-electron chi connectivity index (χ3n) is 3.53. The minimum atomic E-state index is 0.933. The summed E-state index contributed by atoms with van der Waals surface area (Å²) in [5.41, 5.74) is 5.78. The van der Waals surface area contributed by atoms with Crippen molar-refractivity contribution in [2.45, 2.75) is 6.42 Å². The SMILES string of the molecule is CNCCc1cccc(-c2ccc3nnn(C)c3c2)c1. The van der Waals surface area contributed by atoms with Crippen molar-refractivity contribution in [1.82, 2.24) is 20.3 Å². The molecule has 1 N–H and O–H groups in total. The van der Waals surface area contributed by atoms with Gasteiger partial charge in [0, 0.05) is 7.05 Å². The molecule has 0 aliphatic rings. The average molecular weight is 266 g/mol. The first-order valence-electron chi connectivity index (χ1n) is 6.81. The molecule has 2 aromatic carbocycles. The predicted molar refractivity (Wildman–Crippen MR) is 81.6 cm³/mol. The molecule has 0 aliphatic heterocycles. The summed E-state index contributed by atoms with van der Waals surface area (Å²) in [6.07, 6.45) is 1.04. The molecule has 0 bridgehead atoms. The van der Waals surface area contributed by atoms with Crippen LogP contribution in [0.5, 0.6) is 0 Å². The maximum atomic E-state index is 4.12. The van der Waals surface area contributed by atoms with Gasteiger partial charge in [0.25, 0.3) is 0 Å². The van der Waals surface area contributed by atoms with Crippen molar-refractivity contribution in [1.29, 1.82) is 0 Å². The summed E-state index contributed by atoms with van der Waals surface area (Å²) in [6, 6.07) is 15.0. The van der Waals surface area contributed by atoms with Gasteiger partial charge < -0.3 is 5.32 Å². The van der Waals surface area contributed by atoms with Crippen molar-refractivity contribution in [3.63, 3.8) is 0 Å². The van der Waals surface area contributed by atoms with Gasteiger partial charge in [0.2, 0.25) is 0 Å². The van der Waals surface area contributed by atoms with Crippen LogP contribution in [0.25, 0.3) is 22.2 Å². The van der Waals surface area contributed by atoms with E-state index < -0.39 is 0 Å². The summed E-state index contributed by atoms with van der Waals surface area (Å²) in [6.45, 7) is 0.994. The van der Waals surface area contributed by atoms with E-state index >= 15 is 0 Å². The molecule has 0 saturated heterocycles. The quantitative estimate of drug-likeness (QED) is 0.788. The van der Waals surface area contributed by atoms with E-state index in [4.69, 9.17) is 0 Å². The highest BCUT2D eigenvalue weighted by molar-refractivity contribution is 5.81. The maximum absolute atomic E-state index is 4.12. The number of nitrogens with one attached hydrogen (secondary N) is 1. The van der Waals surface area contributed by atoms with Crippen molar-refractivity contribution < 1.29 is 0 Å². The Labute approximate surface area is 118 Å². The van der Waals surface area contributed by atoms with Crippen molar-refractivity contribution in [3.8, 4) is 11.1 Å². The first-order valence-corrected chi connectivity index (χ1v) is 6.81. The first-order chi connectivity index (χ1) is 9.78. The van der Waals surface area contributed by atoms with E-state index in [9.17, 15) is 0 Å². The molecule has 0 fully saturated rings. The van der Waals surface area contributed by atoms with Gasteiger partial charge in [-0.25, -0.2) is 4.68 Å². The lowest BCUT2D eigenvalue weighted by atomic mass is 10.0. The van der Waals surface area contributed by atoms with E-state index in [1.54, 1.807) is 0 Å². The smallest absolute Gasteiger partial charge is 0.113 e. The second-order valence-electron chi connectivity index (χ2n) is 4.97. The van der Waals surface area contributed by atoms with Gasteiger partial charge in [0.05, 0.1) is 5.52 Å². The highest BCUT2D eigenvalue weighted by atomic mass is 15.4. The second kappa shape index (κ2) is 5.43. The van der Waals surface area contributed by atoms with Gasteiger partial charge >= 0.3 is 0 Å². The maximum Gasteiger partial charge on any atom is 0.113 e. The fourth-order valence-electron chi connectivity index (χ4n) is 2.39. The second-order valence-corrected chi connectivity index (χ2v) is 4.97. The Morgan fingerprint density at radius 2 is 1.95 bits per heavy atom. The van der Waals surface area contributed by atoms with Crippen LogP contribution in [0.1, 0.15) is 5.56 Å². The topological polar surface area (TPSA) is 42.7 Å². The van der Waals surface area contributed by atoms with E-state index in [0.29, 0.717) is 0 Å². The summed E-state index contributed by atoms with van der Waals surface area (Å²) >= 11 is 0. The fraction of sp³-hybridized carbons (Fsp3) is 0.250. The zero-order valence-corrected chi connectivity index (χ0v) is 11.8. The summed E-state index contributed by atoms with van der Waals surface area (Å²) in [5, 5.41) is 11.3. The van der Waals surface area contributed by atoms with Crippen molar-refractivity contribution in [2.75, 3.05) is 13.6 Å². The molecular formula is C16H18N4. The lowest BCUT2D eigenvalue weighted by Crippen LogP contribution is -2.10. The first kappa shape index (κ1) is 12.8. The molecule has 0 atom stereocenters. The minimum Gasteiger partial charge on any atom is -0.319 e. The standard InChI is InChI=1S/C16H18N4/c1-17-9-8-12-4-3-5-13(10-12)14-6-7-15-16(11-14)20(2)19-18-15/h3-7,10-11,17H,8-9H2,1-2H3. The van der Waals surface area contributed by atoms with Crippen LogP contribution in [0.2, 0.25) is 0 Å². The molecule has 20 heavy (non-hydrogen) atoms. The molecular weight excluding hydrogens is 248 g/mol. The number of hydrogen-bond donors (Lipinski definition) is 1. The number of aromatic nitrogens is 3. The van der Waals surface area contributed by atoms with Gasteiger partial charge in [0.15, 0.2) is 0 Å². The number of benzene rings is 2. The van der Waals surface area contributed by atoms with Crippen molar-refractivity contribution in [2.24, 2.45) is 7.05 Å². The molecule has 1 heterocycles. The lowest BCUT2D eigenvalue weighted by molar-refractivity contribution is 0.736. The number of aryl methyl sites for hydroxylation is 1. The van der Waals surface area contributed by atoms with E-state index in [1.165, 1.54) is 16.7 Å². The predicted octanol–water partition coefficient (Wildman–Crippen LogP) is 2.40. The Hall–Kier alpha value is -2.20. The summed E-state index contributed by atoms with van der Waals surface area (Å²) in [5.74, 6) is 0. The molecule has 0 aliphatic carbocycles. The van der Waals surface area contributed by atoms with Crippen LogP contribution in [-0.2, 0) is 13.5 Å². The van der Waals surface area contributed by atoms with Gasteiger partial charge in [-0.3, -0.25) is 0 Å². The van der Waals surface area contributed by atoms with Crippen molar-refractivity contribution in [3.05, 3.63) is 48.0 Å². The minimum absolute atomic E-state index is 0.933. The molecule has 0 spiro atoms. The molecule has 4 heteroatoms. The highest BCUT2D eigenvalue weighted by Crippen LogP contribution is 2.24. The Bertz CT molecular complexity index is 730. The third-order valence-corrected chi connectivity index (χ3v) is 3.53. The van der Waals surface area contributed by atoms with Gasteiger partial charge in [-0.05, 0) is 48.8 Å². The number of hydrogen-bond acceptors (Lipinski definition) is 3. The lowest BCUT2D eigenvalue weighted by Gasteiger charge is -2.06. The van der Waals surface area contributed by atoms with E-state index in [0.717, 1.165) is 24.0 Å². The zero-order chi connectivity index (χ0) is 13.9. The van der Waals surface area contributed by atoms with Gasteiger partial charge in [-0.15, -0.1) is 5.10 Å². The van der Waals surface area contributed by atoms with Crippen LogP contribution in [-0.4, -0.2) is 28.6 Å². The zero-order valence-electron chi connectivity index (χ0n) is 11.8. The van der Waals surface area contributed by atoms with E-state index in [2.05, 4.69) is 52.0 Å². The van der Waals surface area contributed by atoms with Gasteiger partial charge in [-0.1, -0.05) is 35.5 Å². The number of likely N-dealkylation sites (N-methyl/N-ethyl adjacent to an activating group) is 1. The Kier molecular flexibility index (Phi) is 3.48. The summed E-state index contributed by atoms with van der Waals surface area (Å²) in [7, 11) is 3.90. The van der Waals surface area contributed by atoms with Crippen LogP contribution >= 0.6 is 0 Å². The van der Waals surface area contributed by atoms with Gasteiger partial charge in [0.1, 0.15) is 5.52 Å². The molecule has 3 aromatic rings. The third kappa shape index (κ3) is 2.42. The Balaban J connectivity index is 1.99. The Morgan fingerprint density at radius 1 is 1.10 bits per heavy atom. The monoisotopic (exact) mass is 266 g/mol. The van der Waals surface area contributed by atoms with E-state index in [-0.39, 0.29) is 0 Å².